The number of benzene rings is 2. The van der Waals surface area contributed by atoms with Crippen LogP contribution in [0.1, 0.15) is 10.4 Å². The molecule has 2 aromatic carbocycles. The fraction of sp³-hybridized carbons (Fsp3) is 0. The molecule has 3 N–H and O–H groups in total. The van der Waals surface area contributed by atoms with Crippen LogP contribution in [0.15, 0.2) is 62.5 Å². The lowest BCUT2D eigenvalue weighted by atomic mass is 10.1. The van der Waals surface area contributed by atoms with Gasteiger partial charge in [-0.1, -0.05) is 24.3 Å². The Morgan fingerprint density at radius 3 is 2.62 bits per heavy atom. The number of nitrogens with one attached hydrogen (secondary N) is 3. The second-order valence-electron chi connectivity index (χ2n) is 5.24. The lowest BCUT2D eigenvalue weighted by Crippen LogP contribution is -2.17. The average molecular weight is 321 g/mol. The zero-order valence-corrected chi connectivity index (χ0v) is 12.3. The first-order valence-electron chi connectivity index (χ1n) is 7.17. The van der Waals surface area contributed by atoms with E-state index in [4.69, 9.17) is 4.42 Å². The summed E-state index contributed by atoms with van der Waals surface area (Å²) in [6.45, 7) is 0. The molecule has 2 heterocycles. The minimum Gasteiger partial charge on any atom is -0.406 e. The zero-order chi connectivity index (χ0) is 16.7. The highest BCUT2D eigenvalue weighted by Crippen LogP contribution is 2.22. The Hall–Kier alpha value is -3.61. The molecule has 0 saturated carbocycles. The number of carbonyl (C=O) groups is 1. The third kappa shape index (κ3) is 2.28. The fourth-order valence-corrected chi connectivity index (χ4v) is 2.65. The number of fused-ring (bicyclic) bond motifs is 2. The molecule has 4 aromatic rings. The Bertz CT molecular complexity index is 1200. The molecule has 4 rings (SSSR count). The first kappa shape index (κ1) is 14.0. The average Bonchev–Trinajstić information content (AvgIpc) is 2.95. The second kappa shape index (κ2) is 5.24. The van der Waals surface area contributed by atoms with Crippen molar-refractivity contribution < 1.29 is 9.21 Å². The monoisotopic (exact) mass is 321 g/mol. The van der Waals surface area contributed by atoms with Crippen molar-refractivity contribution in [2.75, 3.05) is 5.32 Å². The molecule has 7 nitrogen and oxygen atoms in total. The van der Waals surface area contributed by atoms with Crippen molar-refractivity contribution in [1.82, 2.24) is 9.97 Å². The second-order valence-corrected chi connectivity index (χ2v) is 5.24. The Kier molecular flexibility index (Phi) is 3.06. The molecule has 0 aliphatic heterocycles. The number of aromatic amines is 2. The van der Waals surface area contributed by atoms with E-state index in [1.54, 1.807) is 42.5 Å². The van der Waals surface area contributed by atoms with Crippen LogP contribution in [0, 0.1) is 0 Å². The maximum Gasteiger partial charge on any atom is 0.417 e. The third-order valence-corrected chi connectivity index (χ3v) is 3.69. The van der Waals surface area contributed by atoms with Crippen LogP contribution in [-0.4, -0.2) is 15.9 Å². The van der Waals surface area contributed by atoms with Gasteiger partial charge in [0.05, 0.1) is 16.8 Å². The predicted molar refractivity (Wildman–Crippen MR) is 89.4 cm³/mol. The lowest BCUT2D eigenvalue weighted by Gasteiger charge is -2.08. The summed E-state index contributed by atoms with van der Waals surface area (Å²) in [6.07, 6.45) is 0. The van der Waals surface area contributed by atoms with Crippen LogP contribution >= 0.6 is 0 Å². The van der Waals surface area contributed by atoms with E-state index in [-0.39, 0.29) is 16.7 Å². The Morgan fingerprint density at radius 1 is 0.958 bits per heavy atom. The summed E-state index contributed by atoms with van der Waals surface area (Å²) < 4.78 is 5.05. The lowest BCUT2D eigenvalue weighted by molar-refractivity contribution is 0.102. The number of pyridine rings is 1. The van der Waals surface area contributed by atoms with Crippen LogP contribution in [0.3, 0.4) is 0 Å². The third-order valence-electron chi connectivity index (χ3n) is 3.69. The largest absolute Gasteiger partial charge is 0.417 e. The molecule has 0 bridgehead atoms. The number of rotatable bonds is 2. The van der Waals surface area contributed by atoms with Gasteiger partial charge >= 0.3 is 5.76 Å². The Labute approximate surface area is 133 Å². The van der Waals surface area contributed by atoms with Crippen molar-refractivity contribution >= 4 is 33.6 Å². The van der Waals surface area contributed by atoms with Crippen molar-refractivity contribution in [3.63, 3.8) is 0 Å². The van der Waals surface area contributed by atoms with Gasteiger partial charge in [-0.15, -0.1) is 0 Å². The summed E-state index contributed by atoms with van der Waals surface area (Å²) in [5, 5.41) is 3.31. The highest BCUT2D eigenvalue weighted by Gasteiger charge is 2.14. The number of amides is 1. The first-order valence-corrected chi connectivity index (χ1v) is 7.17. The molecule has 1 amide bonds. The van der Waals surface area contributed by atoms with E-state index in [1.165, 1.54) is 6.07 Å². The Balaban J connectivity index is 1.82. The van der Waals surface area contributed by atoms with Crippen LogP contribution in [-0.2, 0) is 0 Å². The first-order chi connectivity index (χ1) is 11.6. The van der Waals surface area contributed by atoms with Crippen molar-refractivity contribution in [1.29, 1.82) is 0 Å². The van der Waals surface area contributed by atoms with Crippen LogP contribution in [0.25, 0.3) is 22.0 Å². The van der Waals surface area contributed by atoms with Crippen LogP contribution < -0.4 is 16.6 Å². The van der Waals surface area contributed by atoms with Gasteiger partial charge in [0.25, 0.3) is 5.91 Å². The van der Waals surface area contributed by atoms with Crippen LogP contribution in [0.4, 0.5) is 5.69 Å². The van der Waals surface area contributed by atoms with Crippen LogP contribution in [0.5, 0.6) is 0 Å². The molecule has 24 heavy (non-hydrogen) atoms. The number of anilines is 1. The smallest absolute Gasteiger partial charge is 0.406 e. The molecule has 0 atom stereocenters. The van der Waals surface area contributed by atoms with Crippen LogP contribution in [0.2, 0.25) is 0 Å². The Morgan fingerprint density at radius 2 is 1.75 bits per heavy atom. The van der Waals surface area contributed by atoms with Gasteiger partial charge in [0.15, 0.2) is 5.58 Å². The van der Waals surface area contributed by atoms with Gasteiger partial charge in [-0.05, 0) is 18.2 Å². The van der Waals surface area contributed by atoms with Gasteiger partial charge in [0.1, 0.15) is 0 Å². The van der Waals surface area contributed by atoms with E-state index >= 15 is 0 Å². The quantitative estimate of drug-likeness (QED) is 0.526. The van der Waals surface area contributed by atoms with E-state index < -0.39 is 11.7 Å². The van der Waals surface area contributed by atoms with Crippen molar-refractivity contribution in [3.8, 4) is 0 Å². The summed E-state index contributed by atoms with van der Waals surface area (Å²) in [6, 6.07) is 13.2. The molecule has 118 valence electrons. The summed E-state index contributed by atoms with van der Waals surface area (Å²) in [7, 11) is 0. The van der Waals surface area contributed by atoms with Crippen molar-refractivity contribution in [2.45, 2.75) is 0 Å². The molecule has 0 radical (unpaired) electrons. The molecule has 2 aromatic heterocycles. The number of aromatic nitrogens is 2. The van der Waals surface area contributed by atoms with Gasteiger partial charge in [0, 0.05) is 17.0 Å². The normalized spacial score (nSPS) is 11.0. The van der Waals surface area contributed by atoms with Gasteiger partial charge in [-0.3, -0.25) is 14.6 Å². The minimum absolute atomic E-state index is 0.240. The molecule has 0 saturated heterocycles. The molecule has 0 unspecified atom stereocenters. The SMILES string of the molecule is O=C(Nc1cccc2[nH]c(=O)oc12)c1cc(=O)[nH]c2ccccc12. The molecular formula is C17H11N3O4. The fourth-order valence-electron chi connectivity index (χ4n) is 2.65. The predicted octanol–water partition coefficient (Wildman–Crippen LogP) is 2.21. The maximum atomic E-state index is 12.6. The summed E-state index contributed by atoms with van der Waals surface area (Å²) >= 11 is 0. The van der Waals surface area contributed by atoms with E-state index in [9.17, 15) is 14.4 Å². The number of hydrogen-bond donors (Lipinski definition) is 3. The number of para-hydroxylation sites is 2. The van der Waals surface area contributed by atoms with E-state index in [0.717, 1.165) is 0 Å². The van der Waals surface area contributed by atoms with Gasteiger partial charge in [0.2, 0.25) is 5.56 Å². The van der Waals surface area contributed by atoms with E-state index in [2.05, 4.69) is 15.3 Å². The van der Waals surface area contributed by atoms with Crippen molar-refractivity contribution in [3.05, 3.63) is 75.0 Å². The molecule has 0 spiro atoms. The zero-order valence-electron chi connectivity index (χ0n) is 12.3. The minimum atomic E-state index is -0.603. The summed E-state index contributed by atoms with van der Waals surface area (Å²) in [5.74, 6) is -1.07. The summed E-state index contributed by atoms with van der Waals surface area (Å²) in [4.78, 5) is 41.0. The molecule has 0 aliphatic rings. The molecule has 0 aliphatic carbocycles. The van der Waals surface area contributed by atoms with Gasteiger partial charge in [-0.25, -0.2) is 4.79 Å². The standard InChI is InChI=1S/C17H11N3O4/c21-14-8-10(9-4-1-2-5-11(9)18-14)16(22)19-12-6-3-7-13-15(12)24-17(23)20-13/h1-8H,(H,18,21)(H,19,22)(H,20,23). The van der Waals surface area contributed by atoms with Gasteiger partial charge in [-0.2, -0.15) is 0 Å². The highest BCUT2D eigenvalue weighted by atomic mass is 16.4. The number of carbonyl (C=O) groups excluding carboxylic acids is 1. The molecule has 0 fully saturated rings. The molecule has 7 heteroatoms. The molecular weight excluding hydrogens is 310 g/mol. The highest BCUT2D eigenvalue weighted by molar-refractivity contribution is 6.13. The van der Waals surface area contributed by atoms with E-state index in [1.807, 2.05) is 0 Å². The maximum absolute atomic E-state index is 12.6. The van der Waals surface area contributed by atoms with Crippen molar-refractivity contribution in [2.24, 2.45) is 0 Å². The number of oxazole rings is 1. The number of hydrogen-bond acceptors (Lipinski definition) is 4. The van der Waals surface area contributed by atoms with E-state index in [0.29, 0.717) is 22.1 Å². The van der Waals surface area contributed by atoms with Gasteiger partial charge < -0.3 is 14.7 Å². The number of H-pyrrole nitrogens is 2. The summed E-state index contributed by atoms with van der Waals surface area (Å²) in [5.41, 5.74) is 1.52. The topological polar surface area (TPSA) is 108 Å².